The number of hydroxylamine groups is 1. The number of imide groups is 1. The van der Waals surface area contributed by atoms with Crippen LogP contribution in [0, 0.1) is 26.7 Å². The number of anilines is 2. The molecule has 1 aromatic heterocycles. The van der Waals surface area contributed by atoms with Gasteiger partial charge in [0.1, 0.15) is 10.9 Å². The molecule has 2 aromatic carbocycles. The Hall–Kier alpha value is -3.20. The van der Waals surface area contributed by atoms with Gasteiger partial charge in [-0.05, 0) is 63.1 Å². The summed E-state index contributed by atoms with van der Waals surface area (Å²) in [6.45, 7) is 7.54. The molecular weight excluding hydrogens is 500 g/mol. The lowest BCUT2D eigenvalue weighted by Gasteiger charge is -2.28. The molecule has 2 aliphatic heterocycles. The van der Waals surface area contributed by atoms with E-state index in [0.717, 1.165) is 20.9 Å². The van der Waals surface area contributed by atoms with Gasteiger partial charge in [-0.15, -0.1) is 11.3 Å². The maximum atomic E-state index is 14.0. The molecule has 2 amide bonds. The number of benzene rings is 2. The second-order valence-corrected chi connectivity index (χ2v) is 10.5. The zero-order chi connectivity index (χ0) is 25.7. The SMILES string of the molecule is CCOC(=O)c1c(N2C(=O)[C@@H]3[C@H](ON(c4ccc(Cl)cc4)[C@@H]3c3ccc(C)cc3)C2=O)sc(C)c1C. The zero-order valence-corrected chi connectivity index (χ0v) is 21.9. The van der Waals surface area contributed by atoms with Crippen LogP contribution in [0.1, 0.15) is 44.9 Å². The fraction of sp³-hybridized carbons (Fsp3) is 0.296. The highest BCUT2D eigenvalue weighted by molar-refractivity contribution is 7.17. The monoisotopic (exact) mass is 524 g/mol. The van der Waals surface area contributed by atoms with E-state index >= 15 is 0 Å². The van der Waals surface area contributed by atoms with Crippen molar-refractivity contribution in [2.75, 3.05) is 16.6 Å². The summed E-state index contributed by atoms with van der Waals surface area (Å²) in [6.07, 6.45) is -1.03. The number of esters is 1. The van der Waals surface area contributed by atoms with Gasteiger partial charge >= 0.3 is 5.97 Å². The van der Waals surface area contributed by atoms with Crippen molar-refractivity contribution in [3.63, 3.8) is 0 Å². The Bertz CT molecular complexity index is 1350. The maximum absolute atomic E-state index is 14.0. The lowest BCUT2D eigenvalue weighted by Crippen LogP contribution is -2.37. The van der Waals surface area contributed by atoms with E-state index in [9.17, 15) is 14.4 Å². The molecule has 2 fully saturated rings. The summed E-state index contributed by atoms with van der Waals surface area (Å²) in [6, 6.07) is 14.3. The number of hydrogen-bond donors (Lipinski definition) is 0. The van der Waals surface area contributed by atoms with Gasteiger partial charge in [-0.25, -0.2) is 14.8 Å². The number of fused-ring (bicyclic) bond motifs is 1. The maximum Gasteiger partial charge on any atom is 0.341 e. The minimum absolute atomic E-state index is 0.189. The van der Waals surface area contributed by atoms with Crippen molar-refractivity contribution in [1.29, 1.82) is 0 Å². The van der Waals surface area contributed by atoms with Gasteiger partial charge in [0.2, 0.25) is 5.91 Å². The van der Waals surface area contributed by atoms with Gasteiger partial charge < -0.3 is 4.74 Å². The van der Waals surface area contributed by atoms with Crippen LogP contribution in [0.15, 0.2) is 48.5 Å². The smallest absolute Gasteiger partial charge is 0.341 e. The molecule has 3 atom stereocenters. The van der Waals surface area contributed by atoms with Crippen LogP contribution >= 0.6 is 22.9 Å². The Balaban J connectivity index is 1.59. The summed E-state index contributed by atoms with van der Waals surface area (Å²) in [5.74, 6) is -2.25. The van der Waals surface area contributed by atoms with E-state index < -0.39 is 35.8 Å². The van der Waals surface area contributed by atoms with E-state index in [-0.39, 0.29) is 17.2 Å². The second-order valence-electron chi connectivity index (χ2n) is 8.91. The van der Waals surface area contributed by atoms with Gasteiger partial charge in [0.15, 0.2) is 6.10 Å². The molecule has 5 rings (SSSR count). The van der Waals surface area contributed by atoms with Crippen molar-refractivity contribution in [2.45, 2.75) is 39.8 Å². The van der Waals surface area contributed by atoms with Gasteiger partial charge in [-0.2, -0.15) is 0 Å². The molecule has 186 valence electrons. The molecule has 0 radical (unpaired) electrons. The number of halogens is 1. The van der Waals surface area contributed by atoms with E-state index in [1.165, 1.54) is 11.3 Å². The van der Waals surface area contributed by atoms with Gasteiger partial charge in [-0.3, -0.25) is 14.4 Å². The van der Waals surface area contributed by atoms with Crippen LogP contribution in [0.4, 0.5) is 10.7 Å². The van der Waals surface area contributed by atoms with Crippen LogP contribution in [0.2, 0.25) is 5.02 Å². The number of hydrogen-bond acceptors (Lipinski definition) is 7. The van der Waals surface area contributed by atoms with Crippen LogP contribution < -0.4 is 9.96 Å². The molecule has 3 aromatic rings. The van der Waals surface area contributed by atoms with Gasteiger partial charge in [0, 0.05) is 9.90 Å². The lowest BCUT2D eigenvalue weighted by atomic mass is 9.90. The van der Waals surface area contributed by atoms with Crippen LogP contribution in [0.25, 0.3) is 0 Å². The number of ether oxygens (including phenoxy) is 1. The highest BCUT2D eigenvalue weighted by Crippen LogP contribution is 2.49. The normalized spacial score (nSPS) is 21.3. The Labute approximate surface area is 218 Å². The predicted octanol–water partition coefficient (Wildman–Crippen LogP) is 5.55. The van der Waals surface area contributed by atoms with Gasteiger partial charge in [0.05, 0.1) is 23.9 Å². The summed E-state index contributed by atoms with van der Waals surface area (Å²) in [7, 11) is 0. The molecule has 0 N–H and O–H groups in total. The molecular formula is C27H25ClN2O5S. The minimum atomic E-state index is -1.03. The molecule has 0 spiro atoms. The van der Waals surface area contributed by atoms with Crippen molar-refractivity contribution in [1.82, 2.24) is 0 Å². The Kier molecular flexibility index (Phi) is 6.36. The molecule has 2 aliphatic rings. The molecule has 2 saturated heterocycles. The first-order valence-corrected chi connectivity index (χ1v) is 12.9. The summed E-state index contributed by atoms with van der Waals surface area (Å²) in [5, 5.41) is 2.48. The standard InChI is InChI=1S/C27H25ClN2O5S/c1-5-34-27(33)20-15(3)16(4)36-26(20)29-24(31)21-22(17-8-6-14(2)7-9-17)30(35-23(21)25(29)32)19-12-10-18(28)11-13-19/h6-13,21-23H,5H2,1-4H3/t21-,22+,23-/m0/s1. The third kappa shape index (κ3) is 3.89. The number of carbonyl (C=O) groups is 3. The van der Waals surface area contributed by atoms with E-state index in [4.69, 9.17) is 21.2 Å². The van der Waals surface area contributed by atoms with Crippen molar-refractivity contribution in [3.05, 3.63) is 80.7 Å². The third-order valence-electron chi connectivity index (χ3n) is 6.66. The first-order chi connectivity index (χ1) is 17.2. The first kappa shape index (κ1) is 24.5. The van der Waals surface area contributed by atoms with E-state index in [2.05, 4.69) is 0 Å². The van der Waals surface area contributed by atoms with Crippen molar-refractivity contribution in [2.24, 2.45) is 5.92 Å². The Morgan fingerprint density at radius 2 is 1.69 bits per heavy atom. The average Bonchev–Trinajstić information content (AvgIpc) is 3.45. The average molecular weight is 525 g/mol. The van der Waals surface area contributed by atoms with Crippen LogP contribution in [0.3, 0.4) is 0 Å². The quantitative estimate of drug-likeness (QED) is 0.321. The number of rotatable bonds is 5. The predicted molar refractivity (Wildman–Crippen MR) is 138 cm³/mol. The Morgan fingerprint density at radius 3 is 2.33 bits per heavy atom. The van der Waals surface area contributed by atoms with E-state index in [0.29, 0.717) is 16.3 Å². The zero-order valence-electron chi connectivity index (χ0n) is 20.3. The van der Waals surface area contributed by atoms with Crippen molar-refractivity contribution in [3.8, 4) is 0 Å². The minimum Gasteiger partial charge on any atom is -0.462 e. The summed E-state index contributed by atoms with van der Waals surface area (Å²) < 4.78 is 5.24. The van der Waals surface area contributed by atoms with Crippen LogP contribution in [-0.2, 0) is 19.2 Å². The third-order valence-corrected chi connectivity index (χ3v) is 8.11. The highest BCUT2D eigenvalue weighted by atomic mass is 35.5. The van der Waals surface area contributed by atoms with Crippen molar-refractivity contribution >= 4 is 51.4 Å². The number of amides is 2. The molecule has 0 bridgehead atoms. The number of carbonyl (C=O) groups excluding carboxylic acids is 3. The molecule has 9 heteroatoms. The van der Waals surface area contributed by atoms with E-state index in [1.54, 1.807) is 43.2 Å². The number of nitrogens with zero attached hydrogens (tertiary/aromatic N) is 2. The van der Waals surface area contributed by atoms with Crippen LogP contribution in [0.5, 0.6) is 0 Å². The molecule has 36 heavy (non-hydrogen) atoms. The van der Waals surface area contributed by atoms with Crippen LogP contribution in [-0.4, -0.2) is 30.5 Å². The molecule has 0 aliphatic carbocycles. The van der Waals surface area contributed by atoms with Crippen molar-refractivity contribution < 1.29 is 24.0 Å². The molecule has 7 nitrogen and oxygen atoms in total. The van der Waals surface area contributed by atoms with Gasteiger partial charge in [-0.1, -0.05) is 41.4 Å². The first-order valence-electron chi connectivity index (χ1n) is 11.7. The fourth-order valence-corrected chi connectivity index (χ4v) is 6.02. The Morgan fingerprint density at radius 1 is 1.03 bits per heavy atom. The van der Waals surface area contributed by atoms with Gasteiger partial charge in [0.25, 0.3) is 5.91 Å². The number of thiophene rings is 1. The summed E-state index contributed by atoms with van der Waals surface area (Å²) in [4.78, 5) is 48.6. The topological polar surface area (TPSA) is 76.2 Å². The molecule has 0 saturated carbocycles. The lowest BCUT2D eigenvalue weighted by molar-refractivity contribution is -0.126. The highest BCUT2D eigenvalue weighted by Gasteiger charge is 2.61. The fourth-order valence-electron chi connectivity index (χ4n) is 4.74. The number of aryl methyl sites for hydroxylation is 2. The summed E-state index contributed by atoms with van der Waals surface area (Å²) in [5.41, 5.74) is 3.55. The largest absolute Gasteiger partial charge is 0.462 e. The second kappa shape index (κ2) is 9.35. The molecule has 0 unspecified atom stereocenters. The summed E-state index contributed by atoms with van der Waals surface area (Å²) >= 11 is 7.32. The molecule has 3 heterocycles. The van der Waals surface area contributed by atoms with E-state index in [1.807, 2.05) is 38.1 Å².